The van der Waals surface area contributed by atoms with Gasteiger partial charge in [-0.05, 0) is 44.0 Å². The summed E-state index contributed by atoms with van der Waals surface area (Å²) in [6.07, 6.45) is 5.80. The first-order chi connectivity index (χ1) is 17.0. The van der Waals surface area contributed by atoms with Gasteiger partial charge in [0, 0.05) is 23.2 Å². The highest BCUT2D eigenvalue weighted by Crippen LogP contribution is 2.31. The summed E-state index contributed by atoms with van der Waals surface area (Å²) in [5.74, 6) is -1.60. The van der Waals surface area contributed by atoms with Crippen LogP contribution in [0.1, 0.15) is 44.6 Å². The van der Waals surface area contributed by atoms with E-state index in [0.29, 0.717) is 0 Å². The number of hydrogen-bond donors (Lipinski definition) is 1. The Bertz CT molecular complexity index is 1210. The number of sulfonamides is 1. The number of hydrogen-bond acceptors (Lipinski definition) is 4. The molecule has 1 aliphatic carbocycles. The molecular formula is C25H30Cl2FN3O4S. The van der Waals surface area contributed by atoms with Crippen LogP contribution in [-0.4, -0.2) is 50.0 Å². The molecule has 1 saturated carbocycles. The third kappa shape index (κ3) is 7.33. The topological polar surface area (TPSA) is 86.8 Å². The second-order valence-electron chi connectivity index (χ2n) is 9.00. The summed E-state index contributed by atoms with van der Waals surface area (Å²) in [6.45, 7) is 0.689. The average Bonchev–Trinajstić information content (AvgIpc) is 2.83. The molecule has 36 heavy (non-hydrogen) atoms. The van der Waals surface area contributed by atoms with Crippen LogP contribution in [0, 0.1) is 5.82 Å². The fourth-order valence-corrected chi connectivity index (χ4v) is 5.52. The number of carbonyl (C=O) groups is 2. The Morgan fingerprint density at radius 3 is 2.42 bits per heavy atom. The van der Waals surface area contributed by atoms with Crippen molar-refractivity contribution in [1.29, 1.82) is 0 Å². The van der Waals surface area contributed by atoms with Gasteiger partial charge in [-0.15, -0.1) is 0 Å². The second kappa shape index (κ2) is 12.3. The summed E-state index contributed by atoms with van der Waals surface area (Å²) in [7, 11) is -3.97. The molecule has 1 N–H and O–H groups in total. The molecule has 1 fully saturated rings. The first-order valence-corrected chi connectivity index (χ1v) is 14.3. The van der Waals surface area contributed by atoms with E-state index >= 15 is 0 Å². The van der Waals surface area contributed by atoms with Gasteiger partial charge in [0.1, 0.15) is 18.4 Å². The van der Waals surface area contributed by atoms with Gasteiger partial charge in [0.15, 0.2) is 0 Å². The maximum Gasteiger partial charge on any atom is 0.244 e. The molecule has 0 bridgehead atoms. The zero-order chi connectivity index (χ0) is 26.5. The molecule has 0 radical (unpaired) electrons. The molecule has 2 amide bonds. The van der Waals surface area contributed by atoms with Gasteiger partial charge in [-0.3, -0.25) is 13.9 Å². The standard InChI is InChI=1S/C25H30Cl2FN3O4S/c1-17(25(33)29-20-9-4-3-5-10-20)30(15-18-8-6-7-11-22(18)28)24(32)16-31(36(2,34)35)23-14-19(26)12-13-21(23)27/h6-8,11-14,17,20H,3-5,9-10,15-16H2,1-2H3,(H,29,33)/t17-/m1/s1. The third-order valence-electron chi connectivity index (χ3n) is 6.27. The molecule has 196 valence electrons. The number of carbonyl (C=O) groups excluding carboxylic acids is 2. The van der Waals surface area contributed by atoms with Crippen molar-refractivity contribution in [3.63, 3.8) is 0 Å². The fraction of sp³-hybridized carbons (Fsp3) is 0.440. The minimum atomic E-state index is -3.97. The van der Waals surface area contributed by atoms with Crippen molar-refractivity contribution in [1.82, 2.24) is 10.2 Å². The van der Waals surface area contributed by atoms with E-state index in [4.69, 9.17) is 23.2 Å². The van der Waals surface area contributed by atoms with Crippen LogP contribution in [0.5, 0.6) is 0 Å². The minimum Gasteiger partial charge on any atom is -0.352 e. The number of amides is 2. The van der Waals surface area contributed by atoms with E-state index in [-0.39, 0.29) is 39.8 Å². The molecule has 2 aromatic rings. The number of benzene rings is 2. The molecule has 0 aliphatic heterocycles. The third-order valence-corrected chi connectivity index (χ3v) is 7.95. The van der Waals surface area contributed by atoms with Crippen molar-refractivity contribution < 1.29 is 22.4 Å². The fourth-order valence-electron chi connectivity index (χ4n) is 4.23. The monoisotopic (exact) mass is 557 g/mol. The number of nitrogens with zero attached hydrogens (tertiary/aromatic N) is 2. The molecule has 0 aromatic heterocycles. The summed E-state index contributed by atoms with van der Waals surface area (Å²) >= 11 is 12.3. The maximum absolute atomic E-state index is 14.5. The van der Waals surface area contributed by atoms with Gasteiger partial charge < -0.3 is 10.2 Å². The van der Waals surface area contributed by atoms with E-state index < -0.39 is 34.3 Å². The summed E-state index contributed by atoms with van der Waals surface area (Å²) in [5, 5.41) is 3.31. The van der Waals surface area contributed by atoms with Crippen molar-refractivity contribution in [2.75, 3.05) is 17.1 Å². The van der Waals surface area contributed by atoms with Crippen LogP contribution < -0.4 is 9.62 Å². The maximum atomic E-state index is 14.5. The van der Waals surface area contributed by atoms with E-state index in [1.165, 1.54) is 41.3 Å². The molecule has 0 unspecified atom stereocenters. The van der Waals surface area contributed by atoms with Gasteiger partial charge in [0.25, 0.3) is 0 Å². The number of rotatable bonds is 9. The van der Waals surface area contributed by atoms with E-state index in [1.54, 1.807) is 13.0 Å². The van der Waals surface area contributed by atoms with Crippen molar-refractivity contribution in [3.8, 4) is 0 Å². The normalized spacial score (nSPS) is 15.2. The summed E-state index contributed by atoms with van der Waals surface area (Å²) < 4.78 is 40.6. The van der Waals surface area contributed by atoms with Gasteiger partial charge >= 0.3 is 0 Å². The molecule has 11 heteroatoms. The quantitative estimate of drug-likeness (QED) is 0.481. The molecule has 1 atom stereocenters. The van der Waals surface area contributed by atoms with Crippen LogP contribution >= 0.6 is 23.2 Å². The highest BCUT2D eigenvalue weighted by atomic mass is 35.5. The van der Waals surface area contributed by atoms with Crippen LogP contribution in [0.4, 0.5) is 10.1 Å². The summed E-state index contributed by atoms with van der Waals surface area (Å²) in [4.78, 5) is 27.9. The van der Waals surface area contributed by atoms with Gasteiger partial charge in [-0.25, -0.2) is 12.8 Å². The van der Waals surface area contributed by atoms with E-state index in [9.17, 15) is 22.4 Å². The molecule has 0 heterocycles. The van der Waals surface area contributed by atoms with Gasteiger partial charge in [-0.1, -0.05) is 60.7 Å². The minimum absolute atomic E-state index is 0.0110. The highest BCUT2D eigenvalue weighted by molar-refractivity contribution is 7.92. The van der Waals surface area contributed by atoms with Crippen molar-refractivity contribution in [2.45, 2.75) is 57.7 Å². The average molecular weight is 559 g/mol. The van der Waals surface area contributed by atoms with Crippen molar-refractivity contribution in [2.24, 2.45) is 0 Å². The molecule has 7 nitrogen and oxygen atoms in total. The second-order valence-corrected chi connectivity index (χ2v) is 11.7. The van der Waals surface area contributed by atoms with E-state index in [2.05, 4.69) is 5.32 Å². The Labute approximate surface area is 221 Å². The lowest BCUT2D eigenvalue weighted by atomic mass is 9.95. The molecule has 0 spiro atoms. The zero-order valence-corrected chi connectivity index (χ0v) is 22.5. The van der Waals surface area contributed by atoms with Crippen molar-refractivity contribution in [3.05, 3.63) is 63.9 Å². The lowest BCUT2D eigenvalue weighted by Gasteiger charge is -2.33. The predicted molar refractivity (Wildman–Crippen MR) is 140 cm³/mol. The Morgan fingerprint density at radius 1 is 1.11 bits per heavy atom. The number of halogens is 3. The smallest absolute Gasteiger partial charge is 0.244 e. The Kier molecular flexibility index (Phi) is 9.60. The SMILES string of the molecule is C[C@H](C(=O)NC1CCCCC1)N(Cc1ccccc1F)C(=O)CN(c1cc(Cl)ccc1Cl)S(C)(=O)=O. The van der Waals surface area contributed by atoms with Crippen LogP contribution in [0.25, 0.3) is 0 Å². The van der Waals surface area contributed by atoms with Gasteiger partial charge in [0.2, 0.25) is 21.8 Å². The van der Waals surface area contributed by atoms with Crippen LogP contribution in [0.2, 0.25) is 10.0 Å². The summed E-state index contributed by atoms with van der Waals surface area (Å²) in [5.41, 5.74) is 0.236. The predicted octanol–water partition coefficient (Wildman–Crippen LogP) is 4.76. The zero-order valence-electron chi connectivity index (χ0n) is 20.2. The lowest BCUT2D eigenvalue weighted by Crippen LogP contribution is -2.53. The van der Waals surface area contributed by atoms with Crippen LogP contribution in [0.15, 0.2) is 42.5 Å². The van der Waals surface area contributed by atoms with E-state index in [0.717, 1.165) is 42.7 Å². The van der Waals surface area contributed by atoms with Crippen LogP contribution in [0.3, 0.4) is 0 Å². The highest BCUT2D eigenvalue weighted by Gasteiger charge is 2.32. The first-order valence-electron chi connectivity index (χ1n) is 11.7. The Balaban J connectivity index is 1.91. The molecule has 1 aliphatic rings. The molecule has 2 aromatic carbocycles. The van der Waals surface area contributed by atoms with Gasteiger partial charge in [0.05, 0.1) is 17.0 Å². The summed E-state index contributed by atoms with van der Waals surface area (Å²) in [6, 6.07) is 9.24. The first kappa shape index (κ1) is 28.2. The lowest BCUT2D eigenvalue weighted by molar-refractivity contribution is -0.139. The molecule has 3 rings (SSSR count). The Morgan fingerprint density at radius 2 is 1.78 bits per heavy atom. The van der Waals surface area contributed by atoms with Crippen molar-refractivity contribution >= 4 is 50.7 Å². The molecule has 0 saturated heterocycles. The Hall–Kier alpha value is -2.36. The molecular weight excluding hydrogens is 528 g/mol. The number of anilines is 1. The number of nitrogens with one attached hydrogen (secondary N) is 1. The largest absolute Gasteiger partial charge is 0.352 e. The van der Waals surface area contributed by atoms with Crippen LogP contribution in [-0.2, 0) is 26.2 Å². The van der Waals surface area contributed by atoms with E-state index in [1.807, 2.05) is 0 Å². The van der Waals surface area contributed by atoms with Gasteiger partial charge in [-0.2, -0.15) is 0 Å².